The molecule has 1 amide bonds. The number of nitrogens with zero attached hydrogens (tertiary/aromatic N) is 1. The fourth-order valence-electron chi connectivity index (χ4n) is 7.89. The van der Waals surface area contributed by atoms with Crippen LogP contribution in [-0.4, -0.2) is 50.3 Å². The van der Waals surface area contributed by atoms with Crippen LogP contribution >= 0.6 is 11.6 Å². The molecule has 0 radical (unpaired) electrons. The predicted octanol–water partition coefficient (Wildman–Crippen LogP) is 5.81. The van der Waals surface area contributed by atoms with Crippen LogP contribution in [-0.2, 0) is 26.7 Å². The Labute approximate surface area is 259 Å². The van der Waals surface area contributed by atoms with Gasteiger partial charge in [0, 0.05) is 29.1 Å². The summed E-state index contributed by atoms with van der Waals surface area (Å²) in [6, 6.07) is 11.2. The Balaban J connectivity index is 1.43. The van der Waals surface area contributed by atoms with Gasteiger partial charge in [-0.05, 0) is 111 Å². The van der Waals surface area contributed by atoms with Gasteiger partial charge < -0.3 is 14.7 Å². The van der Waals surface area contributed by atoms with Gasteiger partial charge in [0.25, 0.3) is 5.91 Å². The molecule has 232 valence electrons. The summed E-state index contributed by atoms with van der Waals surface area (Å²) in [6.07, 6.45) is 6.41. The number of halogens is 1. The number of rotatable bonds is 1. The molecule has 6 rings (SSSR count). The van der Waals surface area contributed by atoms with Crippen LogP contribution in [0.1, 0.15) is 80.3 Å². The third-order valence-corrected chi connectivity index (χ3v) is 12.9. The monoisotopic (exact) mass is 628 g/mol. The Morgan fingerprint density at radius 3 is 2.65 bits per heavy atom. The van der Waals surface area contributed by atoms with E-state index >= 15 is 0 Å². The van der Waals surface area contributed by atoms with E-state index in [2.05, 4.69) is 15.7 Å². The van der Waals surface area contributed by atoms with Gasteiger partial charge >= 0.3 is 5.97 Å². The van der Waals surface area contributed by atoms with Crippen LogP contribution in [0.3, 0.4) is 0 Å². The number of ether oxygens (including phenoxy) is 1. The van der Waals surface area contributed by atoms with Crippen molar-refractivity contribution in [3.63, 3.8) is 0 Å². The van der Waals surface area contributed by atoms with E-state index in [1.54, 1.807) is 25.1 Å². The minimum atomic E-state index is -3.95. The molecule has 4 aliphatic rings. The first-order valence-corrected chi connectivity index (χ1v) is 17.5. The van der Waals surface area contributed by atoms with Crippen molar-refractivity contribution in [1.29, 1.82) is 0 Å². The molecular formula is C33H41ClN2O6S. The molecule has 0 aromatic heterocycles. The first kappa shape index (κ1) is 30.3. The van der Waals surface area contributed by atoms with Gasteiger partial charge in [0.15, 0.2) is 0 Å². The minimum absolute atomic E-state index is 0.0503. The van der Waals surface area contributed by atoms with E-state index in [9.17, 15) is 23.1 Å². The third kappa shape index (κ3) is 5.75. The maximum absolute atomic E-state index is 13.4. The van der Waals surface area contributed by atoms with Crippen molar-refractivity contribution in [2.75, 3.05) is 24.6 Å². The summed E-state index contributed by atoms with van der Waals surface area (Å²) in [5.74, 6) is -1.23. The van der Waals surface area contributed by atoms with Crippen LogP contribution < -0.4 is 14.4 Å². The summed E-state index contributed by atoms with van der Waals surface area (Å²) in [5.41, 5.74) is 3.14. The van der Waals surface area contributed by atoms with E-state index < -0.39 is 33.1 Å². The van der Waals surface area contributed by atoms with Crippen LogP contribution in [0, 0.1) is 23.7 Å². The number of hydrogen-bond donors (Lipinski definition) is 2. The second-order valence-corrected chi connectivity index (χ2v) is 15.8. The highest BCUT2D eigenvalue weighted by molar-refractivity contribution is 7.90. The number of carbonyl (C=O) groups is 2. The van der Waals surface area contributed by atoms with Crippen LogP contribution in [0.25, 0.3) is 0 Å². The number of aliphatic carboxylic acids is 1. The molecule has 2 aliphatic heterocycles. The number of sulfonamides is 1. The fraction of sp³-hybridized carbons (Fsp3) is 0.576. The SMILES string of the molecule is CC1CCC[C@H](C(=O)O)C2CCC2CN2C[C@@]3(CCCc4cc(Cl)ccc43)COc3ccc(cc32)C(=O)NS(=O)(=O)C1C. The second kappa shape index (κ2) is 11.6. The minimum Gasteiger partial charge on any atom is -0.490 e. The van der Waals surface area contributed by atoms with E-state index in [4.69, 9.17) is 16.3 Å². The molecule has 2 aromatic carbocycles. The standard InChI is InChI=1S/C33H41ClN2O6S/c1-20-5-3-7-27(32(38)39)26-11-8-24(26)17-36-18-33(14-4-6-22-15-25(34)10-12-28(22)33)19-42-30-13-9-23(16-29(30)36)31(37)35-43(40,41)21(20)2/h9-10,12-13,15-16,20-21,24,26-27H,3-8,11,14,17-19H2,1-2H3,(H,35,37)(H,38,39)/t20?,21?,24?,26?,27-,33-/m0/s1. The summed E-state index contributed by atoms with van der Waals surface area (Å²) >= 11 is 6.38. The van der Waals surface area contributed by atoms with E-state index in [0.29, 0.717) is 49.7 Å². The predicted molar refractivity (Wildman–Crippen MR) is 166 cm³/mol. The van der Waals surface area contributed by atoms with Gasteiger partial charge in [0.1, 0.15) is 5.75 Å². The molecule has 2 bridgehead atoms. The van der Waals surface area contributed by atoms with Gasteiger partial charge in [0.2, 0.25) is 10.0 Å². The van der Waals surface area contributed by atoms with Crippen LogP contribution in [0.2, 0.25) is 5.02 Å². The molecular weight excluding hydrogens is 588 g/mol. The maximum atomic E-state index is 13.4. The highest BCUT2D eigenvalue weighted by Crippen LogP contribution is 2.48. The summed E-state index contributed by atoms with van der Waals surface area (Å²) < 4.78 is 35.3. The van der Waals surface area contributed by atoms with Crippen molar-refractivity contribution >= 4 is 39.2 Å². The number of carboxylic acid groups (broad SMARTS) is 1. The summed E-state index contributed by atoms with van der Waals surface area (Å²) in [5, 5.41) is 10.2. The second-order valence-electron chi connectivity index (χ2n) is 13.3. The Morgan fingerprint density at radius 2 is 1.91 bits per heavy atom. The Morgan fingerprint density at radius 1 is 1.09 bits per heavy atom. The van der Waals surface area contributed by atoms with Crippen LogP contribution in [0.4, 0.5) is 5.69 Å². The lowest BCUT2D eigenvalue weighted by Crippen LogP contribution is -2.49. The van der Waals surface area contributed by atoms with Crippen LogP contribution in [0.5, 0.6) is 5.75 Å². The number of amides is 1. The molecule has 2 heterocycles. The molecule has 4 unspecified atom stereocenters. The molecule has 10 heteroatoms. The third-order valence-electron chi connectivity index (χ3n) is 10.8. The normalized spacial score (nSPS) is 32.3. The number of fused-ring (bicyclic) bond motifs is 4. The Kier molecular flexibility index (Phi) is 8.18. The van der Waals surface area contributed by atoms with Crippen molar-refractivity contribution < 1.29 is 27.9 Å². The molecule has 6 atom stereocenters. The van der Waals surface area contributed by atoms with Crippen molar-refractivity contribution in [2.45, 2.75) is 75.9 Å². The lowest BCUT2D eigenvalue weighted by Gasteiger charge is -2.46. The highest BCUT2D eigenvalue weighted by Gasteiger charge is 2.45. The van der Waals surface area contributed by atoms with Crippen molar-refractivity contribution in [3.8, 4) is 5.75 Å². The number of hydrogen-bond acceptors (Lipinski definition) is 6. The fourth-order valence-corrected chi connectivity index (χ4v) is 9.40. The molecule has 2 N–H and O–H groups in total. The topological polar surface area (TPSA) is 113 Å². The molecule has 1 spiro atoms. The van der Waals surface area contributed by atoms with E-state index in [-0.39, 0.29) is 28.7 Å². The van der Waals surface area contributed by atoms with E-state index in [1.165, 1.54) is 11.1 Å². The van der Waals surface area contributed by atoms with Gasteiger partial charge in [-0.2, -0.15) is 0 Å². The largest absolute Gasteiger partial charge is 0.490 e. The average Bonchev–Trinajstić information content (AvgIpc) is 3.10. The zero-order chi connectivity index (χ0) is 30.5. The molecule has 8 nitrogen and oxygen atoms in total. The van der Waals surface area contributed by atoms with Gasteiger partial charge in [-0.3, -0.25) is 9.59 Å². The number of anilines is 1. The highest BCUT2D eigenvalue weighted by atomic mass is 35.5. The quantitative estimate of drug-likeness (QED) is 0.410. The smallest absolute Gasteiger partial charge is 0.306 e. The average molecular weight is 629 g/mol. The van der Waals surface area contributed by atoms with Crippen molar-refractivity contribution in [3.05, 3.63) is 58.1 Å². The molecule has 1 saturated carbocycles. The number of nitrogens with one attached hydrogen (secondary N) is 1. The zero-order valence-electron chi connectivity index (χ0n) is 24.9. The maximum Gasteiger partial charge on any atom is 0.306 e. The molecule has 2 aliphatic carbocycles. The van der Waals surface area contributed by atoms with Crippen molar-refractivity contribution in [2.24, 2.45) is 23.7 Å². The summed E-state index contributed by atoms with van der Waals surface area (Å²) in [7, 11) is -3.95. The Hall–Kier alpha value is -2.78. The van der Waals surface area contributed by atoms with E-state index in [1.807, 2.05) is 19.1 Å². The first-order chi connectivity index (χ1) is 20.5. The van der Waals surface area contributed by atoms with Crippen molar-refractivity contribution in [1.82, 2.24) is 4.72 Å². The van der Waals surface area contributed by atoms with E-state index in [0.717, 1.165) is 37.8 Å². The molecule has 2 aromatic rings. The zero-order valence-corrected chi connectivity index (χ0v) is 26.4. The Bertz CT molecular complexity index is 1530. The number of benzene rings is 2. The lowest BCUT2D eigenvalue weighted by molar-refractivity contribution is -0.146. The van der Waals surface area contributed by atoms with Gasteiger partial charge in [-0.1, -0.05) is 31.0 Å². The van der Waals surface area contributed by atoms with Crippen LogP contribution in [0.15, 0.2) is 36.4 Å². The first-order valence-electron chi connectivity index (χ1n) is 15.6. The van der Waals surface area contributed by atoms with Gasteiger partial charge in [-0.25, -0.2) is 13.1 Å². The van der Waals surface area contributed by atoms with Gasteiger partial charge in [-0.15, -0.1) is 0 Å². The number of carboxylic acids is 1. The molecule has 43 heavy (non-hydrogen) atoms. The van der Waals surface area contributed by atoms with Gasteiger partial charge in [0.05, 0.1) is 23.5 Å². The molecule has 0 saturated heterocycles. The number of aryl methyl sites for hydroxylation is 1. The lowest BCUT2D eigenvalue weighted by atomic mass is 9.65. The molecule has 1 fully saturated rings. The summed E-state index contributed by atoms with van der Waals surface area (Å²) in [4.78, 5) is 28.1. The number of carbonyl (C=O) groups excluding carboxylic acids is 1. The summed E-state index contributed by atoms with van der Waals surface area (Å²) in [6.45, 7) is 5.22.